The van der Waals surface area contributed by atoms with Gasteiger partial charge >= 0.3 is 0 Å². The lowest BCUT2D eigenvalue weighted by Gasteiger charge is -2.41. The maximum absolute atomic E-state index is 15.2. The third-order valence-electron chi connectivity index (χ3n) is 10.5. The molecule has 1 unspecified atom stereocenters. The highest BCUT2D eigenvalue weighted by Crippen LogP contribution is 2.36. The number of pyridine rings is 2. The lowest BCUT2D eigenvalue weighted by Crippen LogP contribution is -2.47. The molecule has 0 bridgehead atoms. The van der Waals surface area contributed by atoms with Crippen LogP contribution in [0.4, 0.5) is 15.8 Å². The van der Waals surface area contributed by atoms with E-state index in [1.165, 1.54) is 6.07 Å². The van der Waals surface area contributed by atoms with E-state index in [9.17, 15) is 14.4 Å². The van der Waals surface area contributed by atoms with Gasteiger partial charge in [-0.1, -0.05) is 0 Å². The predicted octanol–water partition coefficient (Wildman–Crippen LogP) is 4.56. The van der Waals surface area contributed by atoms with Crippen molar-refractivity contribution in [2.24, 2.45) is 18.9 Å². The van der Waals surface area contributed by atoms with Crippen molar-refractivity contribution in [1.82, 2.24) is 19.8 Å². The third kappa shape index (κ3) is 7.05. The minimum atomic E-state index is -0.536. The van der Waals surface area contributed by atoms with Gasteiger partial charge in [-0.2, -0.15) is 0 Å². The van der Waals surface area contributed by atoms with E-state index in [0.717, 1.165) is 92.1 Å². The highest BCUT2D eigenvalue weighted by molar-refractivity contribution is 6.01. The summed E-state index contributed by atoms with van der Waals surface area (Å²) in [5, 5.41) is 5.39. The van der Waals surface area contributed by atoms with Crippen molar-refractivity contribution in [3.63, 3.8) is 0 Å². The van der Waals surface area contributed by atoms with E-state index in [-0.39, 0.29) is 29.6 Å². The highest BCUT2D eigenvalue weighted by atomic mass is 19.1. The number of ether oxygens (including phenoxy) is 1. The Labute approximate surface area is 275 Å². The molecular formula is C36H45FN6O4. The number of hydrogen-bond donors (Lipinski definition) is 2. The predicted molar refractivity (Wildman–Crippen MR) is 180 cm³/mol. The van der Waals surface area contributed by atoms with Crippen LogP contribution in [0.3, 0.4) is 0 Å². The fourth-order valence-electron chi connectivity index (χ4n) is 7.47. The molecule has 0 saturated carbocycles. The molecule has 6 rings (SSSR count). The monoisotopic (exact) mass is 644 g/mol. The minimum Gasteiger partial charge on any atom is -0.495 e. The highest BCUT2D eigenvalue weighted by Gasteiger charge is 2.31. The maximum Gasteiger partial charge on any atom is 0.253 e. The zero-order chi connectivity index (χ0) is 33.2. The molecule has 3 aliphatic rings. The van der Waals surface area contributed by atoms with Gasteiger partial charge < -0.3 is 19.5 Å². The molecule has 2 N–H and O–H groups in total. The molecule has 0 radical (unpaired) electrons. The summed E-state index contributed by atoms with van der Waals surface area (Å²) in [6.07, 6.45) is 8.79. The Kier molecular flexibility index (Phi) is 9.63. The molecule has 250 valence electrons. The molecule has 1 atom stereocenters. The molecule has 0 aliphatic carbocycles. The summed E-state index contributed by atoms with van der Waals surface area (Å²) in [6, 6.07) is 6.55. The molecule has 1 aromatic carbocycles. The van der Waals surface area contributed by atoms with Crippen LogP contribution in [0.5, 0.6) is 5.75 Å². The molecule has 0 spiro atoms. The first kappa shape index (κ1) is 32.7. The Bertz CT molecular complexity index is 1710. The number of hydrogen-bond acceptors (Lipinski definition) is 8. The van der Waals surface area contributed by atoms with E-state index in [2.05, 4.69) is 20.4 Å². The lowest BCUT2D eigenvalue weighted by molar-refractivity contribution is -0.133. The summed E-state index contributed by atoms with van der Waals surface area (Å²) in [4.78, 5) is 45.2. The van der Waals surface area contributed by atoms with Crippen LogP contribution in [-0.2, 0) is 23.2 Å². The van der Waals surface area contributed by atoms with E-state index in [0.29, 0.717) is 29.6 Å². The fraction of sp³-hybridized carbons (Fsp3) is 0.500. The number of benzene rings is 1. The average molecular weight is 645 g/mol. The summed E-state index contributed by atoms with van der Waals surface area (Å²) in [7, 11) is 3.45. The number of halogens is 1. The molecule has 3 aromatic rings. The standard InChI is InChI=1S/C36H45FN6O4/c1-22-23(2)36(46)41(3)20-28(22)26-17-33(47-4)31(38-19-26)21-42-13-9-24(10-14-42)25-11-15-43(16-12-25)32-7-5-27(18-29(32)37)39-30-6-8-34(44)40-35(30)45/h5,7,17-20,24-25,30,39H,6,8-16,21H2,1-4H3,(H,40,44,45). The third-order valence-corrected chi connectivity index (χ3v) is 10.5. The van der Waals surface area contributed by atoms with Crippen molar-refractivity contribution < 1.29 is 18.7 Å². The molecule has 10 nitrogen and oxygen atoms in total. The SMILES string of the molecule is COc1cc(-c2cn(C)c(=O)c(C)c2C)cnc1CN1CCC(C2CCN(c3ccc(NC4CCC(=O)NC4=O)cc3F)CC2)CC1. The molecule has 3 fully saturated rings. The maximum atomic E-state index is 15.2. The van der Waals surface area contributed by atoms with Crippen LogP contribution < -0.4 is 25.8 Å². The molecular weight excluding hydrogens is 599 g/mol. The number of piperidine rings is 3. The number of anilines is 2. The van der Waals surface area contributed by atoms with Crippen LogP contribution in [-0.4, -0.2) is 65.6 Å². The van der Waals surface area contributed by atoms with Crippen molar-refractivity contribution in [2.45, 2.75) is 65.0 Å². The van der Waals surface area contributed by atoms with Gasteiger partial charge in [-0.25, -0.2) is 4.39 Å². The summed E-state index contributed by atoms with van der Waals surface area (Å²) in [6.45, 7) is 8.22. The van der Waals surface area contributed by atoms with Gasteiger partial charge in [0, 0.05) is 67.9 Å². The van der Waals surface area contributed by atoms with E-state index < -0.39 is 6.04 Å². The number of likely N-dealkylation sites (tertiary alicyclic amines) is 1. The molecule has 11 heteroatoms. The minimum absolute atomic E-state index is 0.0125. The number of nitrogens with one attached hydrogen (secondary N) is 2. The van der Waals surface area contributed by atoms with Gasteiger partial charge in [-0.3, -0.25) is 29.6 Å². The van der Waals surface area contributed by atoms with Gasteiger partial charge in [-0.05, 0) is 101 Å². The van der Waals surface area contributed by atoms with Crippen molar-refractivity contribution in [1.29, 1.82) is 0 Å². The number of imide groups is 1. The molecule has 2 aromatic heterocycles. The van der Waals surface area contributed by atoms with Crippen LogP contribution >= 0.6 is 0 Å². The first-order valence-corrected chi connectivity index (χ1v) is 16.7. The number of methoxy groups -OCH3 is 1. The number of aromatic nitrogens is 2. The number of rotatable bonds is 8. The molecule has 47 heavy (non-hydrogen) atoms. The Balaban J connectivity index is 1.00. The van der Waals surface area contributed by atoms with Gasteiger partial charge in [-0.15, -0.1) is 0 Å². The lowest BCUT2D eigenvalue weighted by atomic mass is 9.78. The second-order valence-corrected chi connectivity index (χ2v) is 13.3. The van der Waals surface area contributed by atoms with Crippen LogP contribution in [0, 0.1) is 31.5 Å². The van der Waals surface area contributed by atoms with E-state index in [1.807, 2.05) is 38.4 Å². The zero-order valence-corrected chi connectivity index (χ0v) is 27.8. The topological polar surface area (TPSA) is 109 Å². The second-order valence-electron chi connectivity index (χ2n) is 13.3. The van der Waals surface area contributed by atoms with Crippen molar-refractivity contribution in [3.05, 3.63) is 69.7 Å². The van der Waals surface area contributed by atoms with Gasteiger partial charge in [0.25, 0.3) is 5.56 Å². The van der Waals surface area contributed by atoms with E-state index >= 15 is 4.39 Å². The van der Waals surface area contributed by atoms with Crippen LogP contribution in [0.2, 0.25) is 0 Å². The normalized spacial score (nSPS) is 19.9. The first-order chi connectivity index (χ1) is 22.6. The van der Waals surface area contributed by atoms with Gasteiger partial charge in [0.05, 0.1) is 18.5 Å². The van der Waals surface area contributed by atoms with E-state index in [4.69, 9.17) is 9.72 Å². The zero-order valence-electron chi connectivity index (χ0n) is 27.8. The van der Waals surface area contributed by atoms with Gasteiger partial charge in [0.1, 0.15) is 17.6 Å². The molecule has 3 aliphatic heterocycles. The second kappa shape index (κ2) is 13.9. The summed E-state index contributed by atoms with van der Waals surface area (Å²) >= 11 is 0. The van der Waals surface area contributed by atoms with Gasteiger partial charge in [0.2, 0.25) is 11.8 Å². The number of amides is 2. The quantitative estimate of drug-likeness (QED) is 0.344. The van der Waals surface area contributed by atoms with Crippen LogP contribution in [0.25, 0.3) is 11.1 Å². The van der Waals surface area contributed by atoms with Crippen molar-refractivity contribution in [3.8, 4) is 16.9 Å². The van der Waals surface area contributed by atoms with E-state index in [1.54, 1.807) is 24.8 Å². The molecule has 5 heterocycles. The Morgan fingerprint density at radius 3 is 2.34 bits per heavy atom. The Hall–Kier alpha value is -4.25. The number of aryl methyl sites for hydroxylation is 1. The van der Waals surface area contributed by atoms with Crippen molar-refractivity contribution in [2.75, 3.05) is 43.5 Å². The molecule has 2 amide bonds. The molecule has 3 saturated heterocycles. The van der Waals surface area contributed by atoms with Gasteiger partial charge in [0.15, 0.2) is 0 Å². The number of nitrogens with zero attached hydrogens (tertiary/aromatic N) is 4. The van der Waals surface area contributed by atoms with Crippen molar-refractivity contribution >= 4 is 23.2 Å². The Morgan fingerprint density at radius 2 is 1.68 bits per heavy atom. The number of carbonyl (C=O) groups is 2. The Morgan fingerprint density at radius 1 is 0.979 bits per heavy atom. The van der Waals surface area contributed by atoms with Crippen LogP contribution in [0.1, 0.15) is 55.3 Å². The summed E-state index contributed by atoms with van der Waals surface area (Å²) in [5.74, 6) is 1.11. The number of carbonyl (C=O) groups excluding carboxylic acids is 2. The first-order valence-electron chi connectivity index (χ1n) is 16.7. The van der Waals surface area contributed by atoms with Crippen LogP contribution in [0.15, 0.2) is 41.5 Å². The summed E-state index contributed by atoms with van der Waals surface area (Å²) < 4.78 is 22.6. The fourth-order valence-corrected chi connectivity index (χ4v) is 7.47. The summed E-state index contributed by atoms with van der Waals surface area (Å²) in [5.41, 5.74) is 5.69. The smallest absolute Gasteiger partial charge is 0.253 e. The average Bonchev–Trinajstić information content (AvgIpc) is 3.07. The largest absolute Gasteiger partial charge is 0.495 e.